The van der Waals surface area contributed by atoms with E-state index in [-0.39, 0.29) is 13.8 Å². The average molecular weight is 467 g/mol. The molecule has 0 aliphatic carbocycles. The van der Waals surface area contributed by atoms with Gasteiger partial charge >= 0.3 is 5.69 Å². The summed E-state index contributed by atoms with van der Waals surface area (Å²) < 4.78 is 1.16. The smallest absolute Gasteiger partial charge is 0.267 e. The topological polar surface area (TPSA) is 61.0 Å². The maximum absolute atomic E-state index is 10.6. The van der Waals surface area contributed by atoms with Crippen molar-refractivity contribution in [3.05, 3.63) is 22.0 Å². The molecule has 0 aromatic carbocycles. The Kier molecular flexibility index (Phi) is 5.59. The quantitative estimate of drug-likeness (QED) is 0.220. The lowest BCUT2D eigenvalue weighted by Gasteiger charge is -1.87. The summed E-state index contributed by atoms with van der Waals surface area (Å²) >= 11 is 5.99. The van der Waals surface area contributed by atoms with Crippen LogP contribution in [-0.4, -0.2) is 14.7 Å². The van der Waals surface area contributed by atoms with Gasteiger partial charge in [0.25, 0.3) is 0 Å². The predicted octanol–water partition coefficient (Wildman–Crippen LogP) is 3.47. The summed E-state index contributed by atoms with van der Waals surface area (Å²) in [6.07, 6.45) is 1.35. The number of rotatable bonds is 2. The fraction of sp³-hybridized carbons (Fsp3) is 0.167. The molecule has 0 fully saturated rings. The van der Waals surface area contributed by atoms with Gasteiger partial charge in [0, 0.05) is 7.05 Å². The largest absolute Gasteiger partial charge is 0.322 e. The van der Waals surface area contributed by atoms with Gasteiger partial charge in [-0.2, -0.15) is 5.10 Å². The van der Waals surface area contributed by atoms with E-state index in [9.17, 15) is 10.1 Å². The molecule has 1 rings (SSSR count). The van der Waals surface area contributed by atoms with Gasteiger partial charge in [-0.25, -0.2) is 0 Å². The van der Waals surface area contributed by atoms with Crippen LogP contribution in [0.15, 0.2) is 6.20 Å². The van der Waals surface area contributed by atoms with E-state index >= 15 is 0 Å². The molecule has 0 unspecified atom stereocenters. The predicted molar refractivity (Wildman–Crippen MR) is 79.3 cm³/mol. The van der Waals surface area contributed by atoms with E-state index < -0.39 is 4.92 Å². The van der Waals surface area contributed by atoms with Gasteiger partial charge in [-0.1, -0.05) is 0 Å². The Labute approximate surface area is 117 Å². The molecule has 1 heterocycles. The molecule has 5 nitrogen and oxygen atoms in total. The number of nitrogens with zero attached hydrogens (tertiary/aromatic N) is 3. The second kappa shape index (κ2) is 6.22. The van der Waals surface area contributed by atoms with Crippen LogP contribution in [0, 0.1) is 21.3 Å². The van der Waals surface area contributed by atoms with E-state index in [1.807, 2.05) is 0 Å². The third-order valence-corrected chi connectivity index (χ3v) is 5.85. The second-order valence-corrected chi connectivity index (χ2v) is 20.0. The molecule has 1 aromatic heterocycles. The van der Waals surface area contributed by atoms with E-state index in [4.69, 9.17) is 0 Å². The van der Waals surface area contributed by atoms with E-state index in [0.29, 0.717) is 0 Å². The van der Waals surface area contributed by atoms with Crippen molar-refractivity contribution in [2.75, 3.05) is 0 Å². The molecular formula is C6H4I2N3O2PS. The van der Waals surface area contributed by atoms with Crippen molar-refractivity contribution < 1.29 is 4.92 Å². The zero-order valence-electron chi connectivity index (χ0n) is 7.35. The van der Waals surface area contributed by atoms with Crippen LogP contribution in [0.3, 0.4) is 0 Å². The van der Waals surface area contributed by atoms with Gasteiger partial charge in [-0.05, 0) is 66.6 Å². The van der Waals surface area contributed by atoms with Crippen molar-refractivity contribution in [2.45, 2.75) is 0 Å². The van der Waals surface area contributed by atoms with E-state index in [2.05, 4.69) is 60.4 Å². The molecule has 0 amide bonds. The lowest BCUT2D eigenvalue weighted by atomic mass is 10.4. The van der Waals surface area contributed by atoms with Gasteiger partial charge in [0.05, 0.1) is 7.33 Å². The standard InChI is InChI=1S/C6H4I2N3O2PS/c1-10-4-6(11(12)13)5(9-10)2-3-15-14(7)8/h4H,1H3. The summed E-state index contributed by atoms with van der Waals surface area (Å²) in [7, 11) is 1.63. The van der Waals surface area contributed by atoms with Crippen LogP contribution in [0.1, 0.15) is 5.69 Å². The molecule has 80 valence electrons. The highest BCUT2D eigenvalue weighted by Crippen LogP contribution is 2.64. The first-order chi connectivity index (χ1) is 7.00. The minimum atomic E-state index is -0.474. The summed E-state index contributed by atoms with van der Waals surface area (Å²) in [5.41, 5.74) is 0.177. The molecule has 0 bridgehead atoms. The zero-order valence-corrected chi connectivity index (χ0v) is 13.4. The minimum absolute atomic E-state index is 0.0446. The molecular weight excluding hydrogens is 463 g/mol. The Morgan fingerprint density at radius 2 is 2.40 bits per heavy atom. The molecule has 0 aliphatic heterocycles. The highest BCUT2D eigenvalue weighted by Gasteiger charge is 2.16. The van der Waals surface area contributed by atoms with Crippen LogP contribution >= 0.6 is 57.9 Å². The highest BCUT2D eigenvalue weighted by molar-refractivity contribution is 14.3. The maximum Gasteiger partial charge on any atom is 0.322 e. The zero-order chi connectivity index (χ0) is 11.4. The van der Waals surface area contributed by atoms with Crippen molar-refractivity contribution >= 4 is 63.6 Å². The van der Waals surface area contributed by atoms with E-state index in [0.717, 1.165) is 0 Å². The highest BCUT2D eigenvalue weighted by atomic mass is 127. The van der Waals surface area contributed by atoms with Crippen LogP contribution in [0.5, 0.6) is 0 Å². The Morgan fingerprint density at radius 3 is 2.93 bits per heavy atom. The molecule has 0 aliphatic rings. The number of aromatic nitrogens is 2. The number of hydrogen-bond acceptors (Lipinski definition) is 4. The molecule has 0 N–H and O–H groups in total. The number of halogens is 2. The summed E-state index contributed by atoms with van der Waals surface area (Å²) in [6.45, 7) is 0. The van der Waals surface area contributed by atoms with Gasteiger partial charge < -0.3 is 0 Å². The molecule has 0 spiro atoms. The fourth-order valence-corrected chi connectivity index (χ4v) is 3.13. The van der Waals surface area contributed by atoms with Gasteiger partial charge in [0.15, 0.2) is 0 Å². The summed E-state index contributed by atoms with van der Waals surface area (Å²) in [6, 6.07) is 0. The number of hydrogen-bond donors (Lipinski definition) is 0. The van der Waals surface area contributed by atoms with Crippen molar-refractivity contribution in [2.24, 2.45) is 7.05 Å². The van der Waals surface area contributed by atoms with Crippen molar-refractivity contribution in [1.29, 1.82) is 0 Å². The first-order valence-corrected chi connectivity index (χ1v) is 11.8. The Hall–Kier alpha value is 0.410. The average Bonchev–Trinajstić information content (AvgIpc) is 2.46. The van der Waals surface area contributed by atoms with Gasteiger partial charge in [-0.15, -0.1) is 0 Å². The van der Waals surface area contributed by atoms with Crippen LogP contribution in [0.2, 0.25) is 0 Å². The summed E-state index contributed by atoms with van der Waals surface area (Å²) in [4.78, 5) is 10.1. The first kappa shape index (κ1) is 13.5. The molecule has 0 radical (unpaired) electrons. The molecule has 0 atom stereocenters. The molecule has 9 heteroatoms. The van der Waals surface area contributed by atoms with E-state index in [1.165, 1.54) is 22.3 Å². The van der Waals surface area contributed by atoms with Gasteiger partial charge in [0.1, 0.15) is 6.20 Å². The Morgan fingerprint density at radius 1 is 1.73 bits per heavy atom. The van der Waals surface area contributed by atoms with Crippen LogP contribution in [-0.2, 0) is 7.05 Å². The number of aryl methyl sites for hydroxylation is 1. The van der Waals surface area contributed by atoms with Crippen molar-refractivity contribution in [1.82, 2.24) is 9.78 Å². The monoisotopic (exact) mass is 467 g/mol. The first-order valence-electron chi connectivity index (χ1n) is 3.48. The summed E-state index contributed by atoms with van der Waals surface area (Å²) in [5, 5.41) is 17.3. The van der Waals surface area contributed by atoms with E-state index in [1.54, 1.807) is 7.05 Å². The molecule has 15 heavy (non-hydrogen) atoms. The Balaban J connectivity index is 2.92. The van der Waals surface area contributed by atoms with Crippen molar-refractivity contribution in [3.8, 4) is 11.2 Å². The van der Waals surface area contributed by atoms with Gasteiger partial charge in [-0.3, -0.25) is 14.8 Å². The molecule has 1 aromatic rings. The Bertz CT molecular complexity index is 439. The minimum Gasteiger partial charge on any atom is -0.267 e. The lowest BCUT2D eigenvalue weighted by molar-refractivity contribution is -0.385. The second-order valence-electron chi connectivity index (χ2n) is 2.31. The van der Waals surface area contributed by atoms with Crippen molar-refractivity contribution in [3.63, 3.8) is 0 Å². The third-order valence-electron chi connectivity index (χ3n) is 1.29. The normalized spacial score (nSPS) is 9.87. The van der Waals surface area contributed by atoms with Crippen LogP contribution in [0.25, 0.3) is 0 Å². The van der Waals surface area contributed by atoms with Crippen LogP contribution in [0.4, 0.5) is 5.69 Å². The summed E-state index contributed by atoms with van der Waals surface area (Å²) in [5.74, 6) is 2.69. The number of nitro groups is 1. The molecule has 0 saturated heterocycles. The SMILES string of the molecule is Cn1cc([N+](=O)[O-])c(C#CSP(I)I)n1. The lowest BCUT2D eigenvalue weighted by Crippen LogP contribution is -1.88. The third kappa shape index (κ3) is 4.42. The fourth-order valence-electron chi connectivity index (χ4n) is 0.804. The molecule has 0 saturated carbocycles. The van der Waals surface area contributed by atoms with Crippen LogP contribution < -0.4 is 0 Å². The maximum atomic E-state index is 10.6. The van der Waals surface area contributed by atoms with Gasteiger partial charge in [0.2, 0.25) is 5.69 Å².